The molecule has 0 aromatic heterocycles. The van der Waals surface area contributed by atoms with E-state index in [2.05, 4.69) is 5.32 Å². The molecule has 2 aromatic rings. The number of carbonyl (C=O) groups excluding carboxylic acids is 1. The summed E-state index contributed by atoms with van der Waals surface area (Å²) in [5, 5.41) is 2.59. The second-order valence-electron chi connectivity index (χ2n) is 6.27. The Bertz CT molecular complexity index is 807. The van der Waals surface area contributed by atoms with E-state index in [1.54, 1.807) is 11.9 Å². The van der Waals surface area contributed by atoms with Gasteiger partial charge in [0.1, 0.15) is 13.2 Å². The van der Waals surface area contributed by atoms with Crippen molar-refractivity contribution in [1.82, 2.24) is 4.90 Å². The van der Waals surface area contributed by atoms with Crippen LogP contribution >= 0.6 is 0 Å². The van der Waals surface area contributed by atoms with Crippen LogP contribution < -0.4 is 14.8 Å². The molecule has 0 spiro atoms. The number of nitrogens with zero attached hydrogens (tertiary/aromatic N) is 1. The van der Waals surface area contributed by atoms with E-state index in [1.165, 1.54) is 12.1 Å². The predicted molar refractivity (Wildman–Crippen MR) is 93.8 cm³/mol. The lowest BCUT2D eigenvalue weighted by Crippen LogP contribution is -2.29. The molecule has 0 unspecified atom stereocenters. The van der Waals surface area contributed by atoms with Gasteiger partial charge < -0.3 is 14.8 Å². The number of likely N-dealkylation sites (N-methyl/N-ethyl adjacent to an activating group) is 1. The average molecular weight is 380 g/mol. The van der Waals surface area contributed by atoms with E-state index in [1.807, 2.05) is 18.2 Å². The van der Waals surface area contributed by atoms with Crippen molar-refractivity contribution in [3.05, 3.63) is 53.6 Å². The van der Waals surface area contributed by atoms with E-state index >= 15 is 0 Å². The van der Waals surface area contributed by atoms with E-state index in [-0.39, 0.29) is 12.5 Å². The van der Waals surface area contributed by atoms with Gasteiger partial charge in [-0.3, -0.25) is 9.69 Å². The van der Waals surface area contributed by atoms with Crippen LogP contribution in [0.15, 0.2) is 42.5 Å². The molecule has 1 amide bonds. The summed E-state index contributed by atoms with van der Waals surface area (Å²) in [6.45, 7) is 1.63. The summed E-state index contributed by atoms with van der Waals surface area (Å²) in [7, 11) is 1.78. The fourth-order valence-corrected chi connectivity index (χ4v) is 2.74. The minimum absolute atomic E-state index is 0.0927. The Labute approximate surface area is 154 Å². The number of ether oxygens (including phenoxy) is 2. The van der Waals surface area contributed by atoms with Gasteiger partial charge in [-0.2, -0.15) is 13.2 Å². The molecule has 0 saturated carbocycles. The molecule has 1 N–H and O–H groups in total. The Hall–Kier alpha value is -2.74. The number of fused-ring (bicyclic) bond motifs is 1. The molecule has 0 bridgehead atoms. The second-order valence-corrected chi connectivity index (χ2v) is 6.27. The molecule has 2 aromatic carbocycles. The third-order valence-corrected chi connectivity index (χ3v) is 3.97. The average Bonchev–Trinajstić information content (AvgIpc) is 2.61. The van der Waals surface area contributed by atoms with Gasteiger partial charge in [0.15, 0.2) is 11.5 Å². The number of hydrogen-bond acceptors (Lipinski definition) is 4. The number of anilines is 1. The highest BCUT2D eigenvalue weighted by Crippen LogP contribution is 2.31. The quantitative estimate of drug-likeness (QED) is 0.862. The number of alkyl halides is 3. The highest BCUT2D eigenvalue weighted by Gasteiger charge is 2.30. The largest absolute Gasteiger partial charge is 0.486 e. The predicted octanol–water partition coefficient (Wildman–Crippen LogP) is 3.55. The monoisotopic (exact) mass is 380 g/mol. The van der Waals surface area contributed by atoms with Gasteiger partial charge in [-0.25, -0.2) is 0 Å². The number of halogens is 3. The van der Waals surface area contributed by atoms with Crippen LogP contribution in [0.1, 0.15) is 11.1 Å². The van der Waals surface area contributed by atoms with Crippen molar-refractivity contribution >= 4 is 11.6 Å². The van der Waals surface area contributed by atoms with E-state index in [9.17, 15) is 18.0 Å². The minimum atomic E-state index is -4.40. The standard InChI is InChI=1S/C19H19F3N2O3/c1-24(11-13-2-7-16-17(10-13)27-9-8-26-16)12-18(25)23-15-5-3-14(4-6-15)19(20,21)22/h2-7,10H,8-9,11-12H2,1H3,(H,23,25). The fraction of sp³-hybridized carbons (Fsp3) is 0.316. The maximum absolute atomic E-state index is 12.6. The lowest BCUT2D eigenvalue weighted by atomic mass is 10.2. The van der Waals surface area contributed by atoms with E-state index in [0.29, 0.717) is 36.9 Å². The summed E-state index contributed by atoms with van der Waals surface area (Å²) in [6.07, 6.45) is -4.40. The summed E-state index contributed by atoms with van der Waals surface area (Å²) in [5.74, 6) is 1.07. The highest BCUT2D eigenvalue weighted by molar-refractivity contribution is 5.92. The van der Waals surface area contributed by atoms with Crippen LogP contribution in [0.3, 0.4) is 0 Å². The summed E-state index contributed by atoms with van der Waals surface area (Å²) in [5.41, 5.74) is 0.529. The molecule has 0 saturated heterocycles. The second kappa shape index (κ2) is 7.87. The molecular weight excluding hydrogens is 361 g/mol. The molecule has 0 radical (unpaired) electrons. The molecule has 1 heterocycles. The lowest BCUT2D eigenvalue weighted by molar-refractivity contribution is -0.137. The number of nitrogens with one attached hydrogen (secondary N) is 1. The molecule has 8 heteroatoms. The molecule has 27 heavy (non-hydrogen) atoms. The first kappa shape index (κ1) is 19.0. The van der Waals surface area contributed by atoms with Crippen molar-refractivity contribution in [1.29, 1.82) is 0 Å². The van der Waals surface area contributed by atoms with Gasteiger partial charge in [0.05, 0.1) is 12.1 Å². The number of hydrogen-bond donors (Lipinski definition) is 1. The van der Waals surface area contributed by atoms with Crippen molar-refractivity contribution < 1.29 is 27.4 Å². The number of benzene rings is 2. The Morgan fingerprint density at radius 2 is 1.74 bits per heavy atom. The maximum atomic E-state index is 12.6. The smallest absolute Gasteiger partial charge is 0.416 e. The maximum Gasteiger partial charge on any atom is 0.416 e. The molecule has 0 fully saturated rings. The summed E-state index contributed by atoms with van der Waals surface area (Å²) < 4.78 is 48.7. The molecular formula is C19H19F3N2O3. The zero-order valence-electron chi connectivity index (χ0n) is 14.7. The van der Waals surface area contributed by atoms with Crippen molar-refractivity contribution in [3.63, 3.8) is 0 Å². The Morgan fingerprint density at radius 1 is 1.07 bits per heavy atom. The van der Waals surface area contributed by atoms with E-state index < -0.39 is 11.7 Å². The van der Waals surface area contributed by atoms with Crippen LogP contribution in [-0.4, -0.2) is 37.6 Å². The van der Waals surface area contributed by atoms with E-state index in [4.69, 9.17) is 9.47 Å². The number of carbonyl (C=O) groups is 1. The topological polar surface area (TPSA) is 50.8 Å². The third kappa shape index (κ3) is 5.13. The van der Waals surface area contributed by atoms with Crippen molar-refractivity contribution in [2.75, 3.05) is 32.1 Å². The lowest BCUT2D eigenvalue weighted by Gasteiger charge is -2.21. The van der Waals surface area contributed by atoms with Crippen LogP contribution in [0, 0.1) is 0 Å². The summed E-state index contributed by atoms with van der Waals surface area (Å²) in [6, 6.07) is 9.96. The number of amides is 1. The van der Waals surface area contributed by atoms with Crippen molar-refractivity contribution in [2.24, 2.45) is 0 Å². The van der Waals surface area contributed by atoms with Gasteiger partial charge in [-0.1, -0.05) is 6.07 Å². The first-order valence-electron chi connectivity index (χ1n) is 8.35. The molecule has 1 aliphatic rings. The van der Waals surface area contributed by atoms with Crippen LogP contribution in [0.2, 0.25) is 0 Å². The SMILES string of the molecule is CN(CC(=O)Nc1ccc(C(F)(F)F)cc1)Cc1ccc2c(c1)OCCO2. The Kier molecular flexibility index (Phi) is 5.55. The normalized spacial score (nSPS) is 13.5. The van der Waals surface area contributed by atoms with E-state index in [0.717, 1.165) is 17.7 Å². The Morgan fingerprint density at radius 3 is 2.41 bits per heavy atom. The zero-order valence-corrected chi connectivity index (χ0v) is 14.7. The molecule has 1 aliphatic heterocycles. The van der Waals surface area contributed by atoms with Gasteiger partial charge >= 0.3 is 6.18 Å². The molecule has 5 nitrogen and oxygen atoms in total. The number of rotatable bonds is 5. The van der Waals surface area contributed by atoms with Crippen molar-refractivity contribution in [3.8, 4) is 11.5 Å². The van der Waals surface area contributed by atoms with Gasteiger partial charge in [-0.15, -0.1) is 0 Å². The third-order valence-electron chi connectivity index (χ3n) is 3.97. The zero-order chi connectivity index (χ0) is 19.4. The van der Waals surface area contributed by atoms with Gasteiger partial charge in [0, 0.05) is 12.2 Å². The van der Waals surface area contributed by atoms with Gasteiger partial charge in [0.25, 0.3) is 0 Å². The molecule has 0 aliphatic carbocycles. The molecule has 144 valence electrons. The van der Waals surface area contributed by atoms with Crippen LogP contribution in [0.5, 0.6) is 11.5 Å². The van der Waals surface area contributed by atoms with Crippen molar-refractivity contribution in [2.45, 2.75) is 12.7 Å². The highest BCUT2D eigenvalue weighted by atomic mass is 19.4. The van der Waals surface area contributed by atoms with Crippen LogP contribution in [-0.2, 0) is 17.5 Å². The fourth-order valence-electron chi connectivity index (χ4n) is 2.74. The Balaban J connectivity index is 1.53. The minimum Gasteiger partial charge on any atom is -0.486 e. The van der Waals surface area contributed by atoms with Crippen LogP contribution in [0.25, 0.3) is 0 Å². The van der Waals surface area contributed by atoms with Gasteiger partial charge in [0.2, 0.25) is 5.91 Å². The first-order valence-corrected chi connectivity index (χ1v) is 8.35. The van der Waals surface area contributed by atoms with Gasteiger partial charge in [-0.05, 0) is 49.0 Å². The first-order chi connectivity index (χ1) is 12.8. The summed E-state index contributed by atoms with van der Waals surface area (Å²) in [4.78, 5) is 13.9. The molecule has 0 atom stereocenters. The van der Waals surface area contributed by atoms with Crippen LogP contribution in [0.4, 0.5) is 18.9 Å². The summed E-state index contributed by atoms with van der Waals surface area (Å²) >= 11 is 0. The molecule has 3 rings (SSSR count).